The number of nitrogens with zero attached hydrogens (tertiary/aromatic N) is 6. The number of carbonyl (C=O) groups is 3. The van der Waals surface area contributed by atoms with Crippen LogP contribution in [0.3, 0.4) is 0 Å². The first-order valence-corrected chi connectivity index (χ1v) is 26.4. The Kier molecular flexibility index (Phi) is 14.1. The second-order valence-corrected chi connectivity index (χ2v) is 24.8. The third-order valence-electron chi connectivity index (χ3n) is 14.6. The van der Waals surface area contributed by atoms with E-state index in [0.29, 0.717) is 81.2 Å². The van der Waals surface area contributed by atoms with Crippen LogP contribution in [-0.2, 0) is 43.2 Å². The Morgan fingerprint density at radius 1 is 0.792 bits per heavy atom. The van der Waals surface area contributed by atoms with Gasteiger partial charge in [0.05, 0.1) is 55.0 Å². The Bertz CT molecular complexity index is 2770. The Morgan fingerprint density at radius 2 is 1.50 bits per heavy atom. The largest absolute Gasteiger partial charge is 0.455 e. The van der Waals surface area contributed by atoms with Crippen molar-refractivity contribution < 1.29 is 38.1 Å². The van der Waals surface area contributed by atoms with Crippen molar-refractivity contribution in [1.29, 1.82) is 0 Å². The third kappa shape index (κ3) is 11.5. The number of pyridine rings is 1. The van der Waals surface area contributed by atoms with Crippen LogP contribution >= 0.6 is 11.3 Å². The molecule has 1 aliphatic heterocycles. The summed E-state index contributed by atoms with van der Waals surface area (Å²) in [5.41, 5.74) is 4.96. The number of ether oxygens (including phenoxy) is 5. The van der Waals surface area contributed by atoms with E-state index in [1.165, 1.54) is 22.7 Å². The van der Waals surface area contributed by atoms with Crippen molar-refractivity contribution in [3.63, 3.8) is 0 Å². The fourth-order valence-electron chi connectivity index (χ4n) is 13.0. The van der Waals surface area contributed by atoms with Gasteiger partial charge in [0.2, 0.25) is 0 Å². The molecule has 4 fully saturated rings. The van der Waals surface area contributed by atoms with Crippen molar-refractivity contribution in [1.82, 2.24) is 24.6 Å². The number of carbonyl (C=O) groups excluding carboxylic acids is 3. The van der Waals surface area contributed by atoms with E-state index in [-0.39, 0.29) is 39.5 Å². The van der Waals surface area contributed by atoms with Gasteiger partial charge in [-0.15, -0.1) is 0 Å². The van der Waals surface area contributed by atoms with Gasteiger partial charge in [-0.2, -0.15) is 5.10 Å². The molecule has 5 aromatic rings. The van der Waals surface area contributed by atoms with Crippen molar-refractivity contribution in [3.05, 3.63) is 88.9 Å². The number of hydrogen-bond donors (Lipinski definition) is 1. The number of esters is 1. The van der Waals surface area contributed by atoms with Gasteiger partial charge >= 0.3 is 12.1 Å². The zero-order chi connectivity index (χ0) is 51.3. The lowest BCUT2D eigenvalue weighted by atomic mass is 9.39. The van der Waals surface area contributed by atoms with Gasteiger partial charge < -0.3 is 33.5 Å². The normalized spacial score (nSPS) is 23.6. The summed E-state index contributed by atoms with van der Waals surface area (Å²) in [6.45, 7) is 22.7. The number of para-hydroxylation sites is 1. The second-order valence-electron chi connectivity index (χ2n) is 23.8. The Morgan fingerprint density at radius 3 is 2.22 bits per heavy atom. The topological polar surface area (TPSA) is 159 Å². The molecule has 4 bridgehead atoms. The molecule has 0 radical (unpaired) electrons. The maximum Gasteiger partial charge on any atom is 0.410 e. The van der Waals surface area contributed by atoms with Crippen molar-refractivity contribution >= 4 is 50.5 Å². The molecular weight excluding hydrogens is 931 g/mol. The molecule has 2 atom stereocenters. The average molecular weight is 1000 g/mol. The van der Waals surface area contributed by atoms with Crippen LogP contribution in [-0.4, -0.2) is 113 Å². The zero-order valence-electron chi connectivity index (χ0n) is 43.9. The average Bonchev–Trinajstić information content (AvgIpc) is 3.86. The van der Waals surface area contributed by atoms with E-state index < -0.39 is 17.2 Å². The van der Waals surface area contributed by atoms with Gasteiger partial charge in [-0.1, -0.05) is 49.4 Å². The van der Waals surface area contributed by atoms with Crippen LogP contribution in [0.4, 0.5) is 15.7 Å². The van der Waals surface area contributed by atoms with Gasteiger partial charge in [0, 0.05) is 55.6 Å². The molecule has 2 amide bonds. The van der Waals surface area contributed by atoms with Crippen molar-refractivity contribution in [2.45, 2.75) is 137 Å². The summed E-state index contributed by atoms with van der Waals surface area (Å²) in [7, 11) is 1.71. The predicted molar refractivity (Wildman–Crippen MR) is 280 cm³/mol. The van der Waals surface area contributed by atoms with Crippen LogP contribution in [0.25, 0.3) is 21.3 Å². The number of thiazole rings is 1. The Labute approximate surface area is 428 Å². The number of likely N-dealkylation sites (N-methyl/N-ethyl adjacent to an activating group) is 1. The number of fused-ring (bicyclic) bond motifs is 2. The highest BCUT2D eigenvalue weighted by molar-refractivity contribution is 7.22. The molecule has 1 N–H and O–H groups in total. The molecule has 3 aromatic heterocycles. The summed E-state index contributed by atoms with van der Waals surface area (Å²) < 4.78 is 33.3. The van der Waals surface area contributed by atoms with Gasteiger partial charge in [0.15, 0.2) is 10.8 Å². The van der Waals surface area contributed by atoms with Crippen LogP contribution in [0, 0.1) is 23.2 Å². The Hall–Kier alpha value is -5.42. The first-order valence-electron chi connectivity index (χ1n) is 25.5. The molecule has 2 aromatic carbocycles. The minimum absolute atomic E-state index is 0.0156. The molecule has 16 heteroatoms. The number of anilines is 2. The minimum atomic E-state index is -0.743. The van der Waals surface area contributed by atoms with Crippen LogP contribution in [0.15, 0.2) is 60.8 Å². The Balaban J connectivity index is 0.876. The van der Waals surface area contributed by atoms with Crippen molar-refractivity contribution in [3.8, 4) is 11.1 Å². The van der Waals surface area contributed by atoms with E-state index in [1.54, 1.807) is 7.05 Å². The smallest absolute Gasteiger partial charge is 0.410 e. The number of hydrogen-bond acceptors (Lipinski definition) is 13. The molecule has 0 saturated heterocycles. The van der Waals surface area contributed by atoms with E-state index in [2.05, 4.69) is 46.7 Å². The standard InChI is InChI=1S/C56H73N7O8S/c1-37-41(28-57-63(37)36-55-31-53(8)30-54(9,32-55)34-56(33-53,35-55)69-27-26-68-25-24-67-23-22-61(10)50(66)71-52(5,6)7)39-18-19-45(59-46(39)48(65)70-51(2,3)4)62-21-20-38-14-13-15-40(42(38)29-62)47(64)60-49-58-43-16-11-12-17-44(43)72-49/h11-19,28H,20-27,29-36H2,1-10H3,(H,58,60,64)/t53?,54?,55-,56-. The lowest BCUT2D eigenvalue weighted by Gasteiger charge is -2.69. The maximum absolute atomic E-state index is 14.2. The molecule has 72 heavy (non-hydrogen) atoms. The summed E-state index contributed by atoms with van der Waals surface area (Å²) in [6, 6.07) is 17.7. The molecule has 4 aliphatic carbocycles. The van der Waals surface area contributed by atoms with E-state index in [0.717, 1.165) is 71.2 Å². The number of benzene rings is 2. The fraction of sp³-hybridized carbons (Fsp3) is 0.571. The zero-order valence-corrected chi connectivity index (χ0v) is 44.8. The lowest BCUT2D eigenvalue weighted by Crippen LogP contribution is -2.64. The second kappa shape index (κ2) is 19.8. The highest BCUT2D eigenvalue weighted by Crippen LogP contribution is 2.72. The van der Waals surface area contributed by atoms with Crippen LogP contribution in [0.1, 0.15) is 132 Å². The highest BCUT2D eigenvalue weighted by atomic mass is 32.1. The number of nitrogens with one attached hydrogen (secondary N) is 1. The van der Waals surface area contributed by atoms with E-state index >= 15 is 0 Å². The van der Waals surface area contributed by atoms with Gasteiger partial charge in [-0.05, 0) is 151 Å². The van der Waals surface area contributed by atoms with Gasteiger partial charge in [-0.3, -0.25) is 14.8 Å². The van der Waals surface area contributed by atoms with Gasteiger partial charge in [0.1, 0.15) is 17.0 Å². The summed E-state index contributed by atoms with van der Waals surface area (Å²) >= 11 is 1.45. The van der Waals surface area contributed by atoms with Gasteiger partial charge in [-0.25, -0.2) is 19.6 Å². The van der Waals surface area contributed by atoms with Crippen LogP contribution in [0.2, 0.25) is 0 Å². The van der Waals surface area contributed by atoms with Crippen LogP contribution < -0.4 is 10.2 Å². The molecule has 0 spiro atoms. The van der Waals surface area contributed by atoms with E-state index in [9.17, 15) is 14.4 Å². The SMILES string of the molecule is Cc1c(-c2ccc(N3CCc4cccc(C(=O)Nc5nc6ccccc6s5)c4C3)nc2C(=O)OC(C)(C)C)cnn1C[C@]12CC3(C)CC(C)(C1)C[C@](OCCOCCOCCN(C)C(=O)OC(C)(C)C)(C3)C2. The first kappa shape index (κ1) is 51.5. The number of rotatable bonds is 17. The van der Waals surface area contributed by atoms with Gasteiger partial charge in [0.25, 0.3) is 5.91 Å². The maximum atomic E-state index is 14.2. The first-order chi connectivity index (χ1) is 34.0. The molecule has 5 aliphatic rings. The summed E-state index contributed by atoms with van der Waals surface area (Å²) in [4.78, 5) is 53.7. The predicted octanol–water partition coefficient (Wildman–Crippen LogP) is 10.7. The third-order valence-corrected chi connectivity index (χ3v) is 15.6. The molecular formula is C56H73N7O8S. The summed E-state index contributed by atoms with van der Waals surface area (Å²) in [6.07, 6.45) is 8.65. The summed E-state index contributed by atoms with van der Waals surface area (Å²) in [5, 5.41) is 8.65. The van der Waals surface area contributed by atoms with Crippen molar-refractivity contribution in [2.24, 2.45) is 16.2 Å². The molecule has 2 unspecified atom stereocenters. The molecule has 15 nitrogen and oxygen atoms in total. The number of aromatic nitrogens is 4. The monoisotopic (exact) mass is 1000 g/mol. The van der Waals surface area contributed by atoms with E-state index in [1.807, 2.05) is 96.3 Å². The fourth-order valence-corrected chi connectivity index (χ4v) is 13.9. The van der Waals surface area contributed by atoms with Crippen LogP contribution in [0.5, 0.6) is 0 Å². The van der Waals surface area contributed by atoms with E-state index in [4.69, 9.17) is 33.8 Å². The lowest BCUT2D eigenvalue weighted by molar-refractivity contribution is -0.250. The van der Waals surface area contributed by atoms with Crippen molar-refractivity contribution in [2.75, 3.05) is 63.4 Å². The highest BCUT2D eigenvalue weighted by Gasteiger charge is 2.66. The summed E-state index contributed by atoms with van der Waals surface area (Å²) in [5.74, 6) is -0.0724. The molecule has 4 saturated carbocycles. The minimum Gasteiger partial charge on any atom is -0.455 e. The number of amides is 2. The molecule has 4 heterocycles. The molecule has 386 valence electrons. The molecule has 10 rings (SSSR count). The quantitative estimate of drug-likeness (QED) is 0.0695.